The molecule has 0 bridgehead atoms. The zero-order valence-electron chi connectivity index (χ0n) is 10.4. The Balaban J connectivity index is 2.60. The summed E-state index contributed by atoms with van der Waals surface area (Å²) in [5.41, 5.74) is 0. The van der Waals surface area contributed by atoms with E-state index >= 15 is 0 Å². The molecule has 1 rings (SSSR count). The third kappa shape index (κ3) is 3.96. The molecule has 0 aromatic rings. The maximum atomic E-state index is 12.1. The zero-order valence-corrected chi connectivity index (χ0v) is 11.2. The standard InChI is InChI=1S/C11H21NO4S/c1-9(2)10-5-3-7-12(10)17(15,16)8-4-6-11(13)14/h9-10H,3-8H2,1-2H3,(H,13,14). The lowest BCUT2D eigenvalue weighted by molar-refractivity contribution is -0.137. The van der Waals surface area contributed by atoms with E-state index in [0.29, 0.717) is 12.5 Å². The van der Waals surface area contributed by atoms with E-state index in [1.54, 1.807) is 4.31 Å². The predicted molar refractivity (Wildman–Crippen MR) is 65.2 cm³/mol. The van der Waals surface area contributed by atoms with Crippen LogP contribution in [0.15, 0.2) is 0 Å². The molecular formula is C11H21NO4S. The molecule has 0 spiro atoms. The first kappa shape index (κ1) is 14.4. The van der Waals surface area contributed by atoms with Crippen molar-refractivity contribution in [3.05, 3.63) is 0 Å². The third-order valence-electron chi connectivity index (χ3n) is 3.17. The highest BCUT2D eigenvalue weighted by molar-refractivity contribution is 7.89. The van der Waals surface area contributed by atoms with Crippen molar-refractivity contribution in [2.24, 2.45) is 5.92 Å². The Morgan fingerprint density at radius 2 is 2.12 bits per heavy atom. The van der Waals surface area contributed by atoms with Crippen molar-refractivity contribution in [2.75, 3.05) is 12.3 Å². The maximum absolute atomic E-state index is 12.1. The van der Waals surface area contributed by atoms with Gasteiger partial charge in [-0.1, -0.05) is 13.8 Å². The topological polar surface area (TPSA) is 74.7 Å². The Bertz CT molecular complexity index is 364. The Hall–Kier alpha value is -0.620. The van der Waals surface area contributed by atoms with Gasteiger partial charge in [-0.25, -0.2) is 8.42 Å². The number of carboxylic acid groups (broad SMARTS) is 1. The van der Waals surface area contributed by atoms with Gasteiger partial charge in [0.15, 0.2) is 0 Å². The van der Waals surface area contributed by atoms with Gasteiger partial charge in [0.1, 0.15) is 0 Å². The van der Waals surface area contributed by atoms with Crippen LogP contribution in [-0.4, -0.2) is 42.1 Å². The molecule has 1 N–H and O–H groups in total. The molecule has 0 radical (unpaired) electrons. The average molecular weight is 263 g/mol. The van der Waals surface area contributed by atoms with Crippen molar-refractivity contribution >= 4 is 16.0 Å². The molecule has 100 valence electrons. The molecule has 0 aromatic heterocycles. The molecule has 0 amide bonds. The summed E-state index contributed by atoms with van der Waals surface area (Å²) < 4.78 is 25.7. The molecule has 1 unspecified atom stereocenters. The molecule has 17 heavy (non-hydrogen) atoms. The van der Waals surface area contributed by atoms with Crippen LogP contribution in [0.25, 0.3) is 0 Å². The molecule has 0 aliphatic carbocycles. The first-order valence-electron chi connectivity index (χ1n) is 6.06. The smallest absolute Gasteiger partial charge is 0.303 e. The van der Waals surface area contributed by atoms with Crippen LogP contribution >= 0.6 is 0 Å². The number of carboxylic acids is 1. The van der Waals surface area contributed by atoms with Gasteiger partial charge < -0.3 is 5.11 Å². The normalized spacial score (nSPS) is 22.2. The fourth-order valence-electron chi connectivity index (χ4n) is 2.30. The minimum Gasteiger partial charge on any atom is -0.481 e. The highest BCUT2D eigenvalue weighted by atomic mass is 32.2. The fraction of sp³-hybridized carbons (Fsp3) is 0.909. The minimum atomic E-state index is -3.28. The second kappa shape index (κ2) is 5.82. The SMILES string of the molecule is CC(C)C1CCCN1S(=O)(=O)CCCC(=O)O. The van der Waals surface area contributed by atoms with Crippen LogP contribution in [0, 0.1) is 5.92 Å². The van der Waals surface area contributed by atoms with Crippen molar-refractivity contribution in [3.63, 3.8) is 0 Å². The number of carbonyl (C=O) groups is 1. The second-order valence-corrected chi connectivity index (χ2v) is 6.92. The van der Waals surface area contributed by atoms with Crippen LogP contribution in [0.5, 0.6) is 0 Å². The van der Waals surface area contributed by atoms with E-state index in [0.717, 1.165) is 12.8 Å². The van der Waals surface area contributed by atoms with E-state index in [2.05, 4.69) is 0 Å². The van der Waals surface area contributed by atoms with Crippen LogP contribution in [0.1, 0.15) is 39.5 Å². The van der Waals surface area contributed by atoms with Crippen molar-refractivity contribution in [1.82, 2.24) is 4.31 Å². The molecule has 1 aliphatic rings. The molecular weight excluding hydrogens is 242 g/mol. The summed E-state index contributed by atoms with van der Waals surface area (Å²) in [7, 11) is -3.28. The number of sulfonamides is 1. The van der Waals surface area contributed by atoms with Crippen LogP contribution in [0.2, 0.25) is 0 Å². The van der Waals surface area contributed by atoms with Crippen molar-refractivity contribution in [2.45, 2.75) is 45.6 Å². The Morgan fingerprint density at radius 1 is 1.47 bits per heavy atom. The van der Waals surface area contributed by atoms with Crippen LogP contribution in [-0.2, 0) is 14.8 Å². The molecule has 1 aliphatic heterocycles. The van der Waals surface area contributed by atoms with E-state index in [-0.39, 0.29) is 24.6 Å². The quantitative estimate of drug-likeness (QED) is 0.784. The molecule has 0 aromatic carbocycles. The predicted octanol–water partition coefficient (Wildman–Crippen LogP) is 1.30. The van der Waals surface area contributed by atoms with E-state index in [9.17, 15) is 13.2 Å². The summed E-state index contributed by atoms with van der Waals surface area (Å²) in [6, 6.07) is 0.0878. The molecule has 0 saturated carbocycles. The number of nitrogens with zero attached hydrogens (tertiary/aromatic N) is 1. The van der Waals surface area contributed by atoms with E-state index < -0.39 is 16.0 Å². The van der Waals surface area contributed by atoms with E-state index in [4.69, 9.17) is 5.11 Å². The maximum Gasteiger partial charge on any atom is 0.303 e. The summed E-state index contributed by atoms with van der Waals surface area (Å²) >= 11 is 0. The van der Waals surface area contributed by atoms with Crippen molar-refractivity contribution in [3.8, 4) is 0 Å². The van der Waals surface area contributed by atoms with Crippen LogP contribution in [0.3, 0.4) is 0 Å². The van der Waals surface area contributed by atoms with Gasteiger partial charge >= 0.3 is 5.97 Å². The molecule has 1 atom stereocenters. The summed E-state index contributed by atoms with van der Waals surface area (Å²) in [5.74, 6) is -0.684. The lowest BCUT2D eigenvalue weighted by Gasteiger charge is -2.26. The lowest BCUT2D eigenvalue weighted by atomic mass is 10.0. The van der Waals surface area contributed by atoms with Gasteiger partial charge in [0, 0.05) is 19.0 Å². The third-order valence-corrected chi connectivity index (χ3v) is 5.14. The Kier molecular flexibility index (Phi) is 4.94. The van der Waals surface area contributed by atoms with Gasteiger partial charge in [0.25, 0.3) is 0 Å². The Labute approximate surface area is 103 Å². The lowest BCUT2D eigenvalue weighted by Crippen LogP contribution is -2.39. The number of hydrogen-bond donors (Lipinski definition) is 1. The summed E-state index contributed by atoms with van der Waals surface area (Å²) in [6.07, 6.45) is 1.93. The van der Waals surface area contributed by atoms with Gasteiger partial charge in [-0.3, -0.25) is 4.79 Å². The fourth-order valence-corrected chi connectivity index (χ4v) is 4.21. The molecule has 1 fully saturated rings. The highest BCUT2D eigenvalue weighted by Gasteiger charge is 2.35. The van der Waals surface area contributed by atoms with Crippen LogP contribution in [0.4, 0.5) is 0 Å². The van der Waals surface area contributed by atoms with Gasteiger partial charge in [-0.05, 0) is 25.2 Å². The van der Waals surface area contributed by atoms with Gasteiger partial charge in [-0.2, -0.15) is 4.31 Å². The first-order chi connectivity index (χ1) is 7.84. The number of rotatable bonds is 6. The average Bonchev–Trinajstić information content (AvgIpc) is 2.65. The largest absolute Gasteiger partial charge is 0.481 e. The number of aliphatic carboxylic acids is 1. The van der Waals surface area contributed by atoms with Crippen molar-refractivity contribution < 1.29 is 18.3 Å². The summed E-state index contributed by atoms with van der Waals surface area (Å²) in [6.45, 7) is 4.63. The van der Waals surface area contributed by atoms with Gasteiger partial charge in [-0.15, -0.1) is 0 Å². The molecule has 1 heterocycles. The van der Waals surface area contributed by atoms with Crippen molar-refractivity contribution in [1.29, 1.82) is 0 Å². The van der Waals surface area contributed by atoms with Gasteiger partial charge in [0.05, 0.1) is 5.75 Å². The van der Waals surface area contributed by atoms with Gasteiger partial charge in [0.2, 0.25) is 10.0 Å². The molecule has 6 heteroatoms. The Morgan fingerprint density at radius 3 is 2.65 bits per heavy atom. The zero-order chi connectivity index (χ0) is 13.1. The number of hydrogen-bond acceptors (Lipinski definition) is 3. The summed E-state index contributed by atoms with van der Waals surface area (Å²) in [5, 5.41) is 8.51. The highest BCUT2D eigenvalue weighted by Crippen LogP contribution is 2.27. The summed E-state index contributed by atoms with van der Waals surface area (Å²) in [4.78, 5) is 10.4. The monoisotopic (exact) mass is 263 g/mol. The minimum absolute atomic E-state index is 0.0531. The van der Waals surface area contributed by atoms with Crippen LogP contribution < -0.4 is 0 Å². The first-order valence-corrected chi connectivity index (χ1v) is 7.67. The molecule has 1 saturated heterocycles. The van der Waals surface area contributed by atoms with E-state index in [1.165, 1.54) is 0 Å². The van der Waals surface area contributed by atoms with E-state index in [1.807, 2.05) is 13.8 Å². The molecule has 5 nitrogen and oxygen atoms in total. The second-order valence-electron chi connectivity index (χ2n) is 4.88.